The first-order valence-electron chi connectivity index (χ1n) is 8.67. The van der Waals surface area contributed by atoms with Gasteiger partial charge in [0.15, 0.2) is 5.65 Å². The van der Waals surface area contributed by atoms with Crippen LogP contribution < -0.4 is 10.6 Å². The lowest BCUT2D eigenvalue weighted by atomic mass is 10.1. The van der Waals surface area contributed by atoms with Crippen LogP contribution >= 0.6 is 0 Å². The second kappa shape index (κ2) is 6.87. The quantitative estimate of drug-likeness (QED) is 0.748. The lowest BCUT2D eigenvalue weighted by molar-refractivity contribution is 0.0903. The Morgan fingerprint density at radius 3 is 2.81 bits per heavy atom. The standard InChI is InChI=1S/C18H21FN6O/c1-11-4-3-5-13(19)15(11)23-18-22-14-10-20-17(24-16(14)25(18)2)21-12-6-8-26-9-7-12/h3-5,10,12H,6-9H2,1-2H3,(H,22,23)(H,20,21,24). The Morgan fingerprint density at radius 1 is 1.23 bits per heavy atom. The van der Waals surface area contributed by atoms with Crippen molar-refractivity contribution in [1.29, 1.82) is 0 Å². The van der Waals surface area contributed by atoms with Gasteiger partial charge in [0, 0.05) is 26.3 Å². The van der Waals surface area contributed by atoms with Crippen LogP contribution in [0.25, 0.3) is 11.2 Å². The van der Waals surface area contributed by atoms with Gasteiger partial charge in [-0.05, 0) is 31.4 Å². The van der Waals surface area contributed by atoms with E-state index in [0.717, 1.165) is 31.6 Å². The summed E-state index contributed by atoms with van der Waals surface area (Å²) < 4.78 is 21.3. The normalized spacial score (nSPS) is 15.3. The molecule has 8 heteroatoms. The van der Waals surface area contributed by atoms with E-state index in [1.165, 1.54) is 6.07 Å². The minimum atomic E-state index is -0.315. The van der Waals surface area contributed by atoms with E-state index in [-0.39, 0.29) is 5.82 Å². The molecule has 1 fully saturated rings. The molecule has 4 rings (SSSR count). The van der Waals surface area contributed by atoms with Crippen LogP contribution in [0.2, 0.25) is 0 Å². The maximum atomic E-state index is 14.1. The molecule has 136 valence electrons. The summed E-state index contributed by atoms with van der Waals surface area (Å²) in [5.41, 5.74) is 2.57. The molecule has 1 aliphatic rings. The third-order valence-electron chi connectivity index (χ3n) is 4.63. The van der Waals surface area contributed by atoms with Crippen molar-refractivity contribution < 1.29 is 9.13 Å². The lowest BCUT2D eigenvalue weighted by Crippen LogP contribution is -2.28. The summed E-state index contributed by atoms with van der Waals surface area (Å²) in [6, 6.07) is 5.27. The van der Waals surface area contributed by atoms with Gasteiger partial charge in [-0.3, -0.25) is 4.57 Å². The molecular weight excluding hydrogens is 335 g/mol. The summed E-state index contributed by atoms with van der Waals surface area (Å²) in [4.78, 5) is 13.4. The van der Waals surface area contributed by atoms with Crippen LogP contribution in [0.5, 0.6) is 0 Å². The van der Waals surface area contributed by atoms with Crippen molar-refractivity contribution in [3.63, 3.8) is 0 Å². The molecule has 0 radical (unpaired) electrons. The SMILES string of the molecule is Cc1cccc(F)c1Nc1nc2cnc(NC3CCOCC3)nc2n1C. The molecule has 0 atom stereocenters. The zero-order chi connectivity index (χ0) is 18.1. The molecule has 1 aliphatic heterocycles. The fourth-order valence-electron chi connectivity index (χ4n) is 3.09. The van der Waals surface area contributed by atoms with Gasteiger partial charge in [0.1, 0.15) is 11.3 Å². The molecule has 3 aromatic rings. The van der Waals surface area contributed by atoms with Gasteiger partial charge >= 0.3 is 0 Å². The number of rotatable bonds is 4. The average Bonchev–Trinajstić information content (AvgIpc) is 2.95. The van der Waals surface area contributed by atoms with E-state index in [0.29, 0.717) is 34.8 Å². The molecule has 2 aromatic heterocycles. The second-order valence-corrected chi connectivity index (χ2v) is 6.48. The summed E-state index contributed by atoms with van der Waals surface area (Å²) in [5, 5.41) is 6.42. The van der Waals surface area contributed by atoms with Gasteiger partial charge in [0.2, 0.25) is 11.9 Å². The van der Waals surface area contributed by atoms with Crippen LogP contribution in [0, 0.1) is 12.7 Å². The molecule has 1 saturated heterocycles. The van der Waals surface area contributed by atoms with Crippen molar-refractivity contribution in [3.8, 4) is 0 Å². The zero-order valence-corrected chi connectivity index (χ0v) is 14.8. The predicted octanol–water partition coefficient (Wildman–Crippen LogP) is 3.15. The smallest absolute Gasteiger partial charge is 0.224 e. The van der Waals surface area contributed by atoms with Gasteiger partial charge in [0.05, 0.1) is 11.9 Å². The van der Waals surface area contributed by atoms with E-state index in [1.807, 2.05) is 20.0 Å². The Hall–Kier alpha value is -2.74. The van der Waals surface area contributed by atoms with Crippen molar-refractivity contribution in [3.05, 3.63) is 35.8 Å². The number of halogens is 1. The van der Waals surface area contributed by atoms with Gasteiger partial charge in [-0.15, -0.1) is 0 Å². The Morgan fingerprint density at radius 2 is 2.04 bits per heavy atom. The fourth-order valence-corrected chi connectivity index (χ4v) is 3.09. The Bertz CT molecular complexity index is 915. The summed E-state index contributed by atoms with van der Waals surface area (Å²) in [5.74, 6) is 0.775. The van der Waals surface area contributed by atoms with Crippen LogP contribution in [0.15, 0.2) is 24.4 Å². The van der Waals surface area contributed by atoms with Gasteiger partial charge in [-0.1, -0.05) is 12.1 Å². The number of hydrogen-bond acceptors (Lipinski definition) is 6. The van der Waals surface area contributed by atoms with E-state index in [2.05, 4.69) is 25.6 Å². The van der Waals surface area contributed by atoms with Crippen LogP contribution in [0.1, 0.15) is 18.4 Å². The highest BCUT2D eigenvalue weighted by Gasteiger charge is 2.17. The highest BCUT2D eigenvalue weighted by molar-refractivity contribution is 5.76. The molecule has 0 bridgehead atoms. The number of hydrogen-bond donors (Lipinski definition) is 2. The number of aryl methyl sites for hydroxylation is 2. The average molecular weight is 356 g/mol. The summed E-state index contributed by atoms with van der Waals surface area (Å²) in [7, 11) is 1.85. The molecular formula is C18H21FN6O. The largest absolute Gasteiger partial charge is 0.381 e. The van der Waals surface area contributed by atoms with E-state index < -0.39 is 0 Å². The third-order valence-corrected chi connectivity index (χ3v) is 4.63. The van der Waals surface area contributed by atoms with Crippen molar-refractivity contribution in [1.82, 2.24) is 19.5 Å². The number of benzene rings is 1. The van der Waals surface area contributed by atoms with Crippen molar-refractivity contribution in [2.75, 3.05) is 23.8 Å². The highest BCUT2D eigenvalue weighted by Crippen LogP contribution is 2.25. The maximum absolute atomic E-state index is 14.1. The number of anilines is 3. The molecule has 3 heterocycles. The van der Waals surface area contributed by atoms with Crippen LogP contribution in [0.3, 0.4) is 0 Å². The van der Waals surface area contributed by atoms with Crippen LogP contribution in [0.4, 0.5) is 22.0 Å². The van der Waals surface area contributed by atoms with Gasteiger partial charge in [0.25, 0.3) is 0 Å². The minimum absolute atomic E-state index is 0.313. The first-order valence-corrected chi connectivity index (χ1v) is 8.67. The molecule has 7 nitrogen and oxygen atoms in total. The van der Waals surface area contributed by atoms with Gasteiger partial charge in [-0.25, -0.2) is 14.4 Å². The number of ether oxygens (including phenoxy) is 1. The van der Waals surface area contributed by atoms with Crippen molar-refractivity contribution in [2.45, 2.75) is 25.8 Å². The van der Waals surface area contributed by atoms with Gasteiger partial charge < -0.3 is 15.4 Å². The third kappa shape index (κ3) is 3.20. The van der Waals surface area contributed by atoms with Crippen LogP contribution in [-0.4, -0.2) is 38.8 Å². The molecule has 0 spiro atoms. The number of nitrogens with zero attached hydrogens (tertiary/aromatic N) is 4. The number of fused-ring (bicyclic) bond motifs is 1. The number of nitrogens with one attached hydrogen (secondary N) is 2. The molecule has 0 amide bonds. The zero-order valence-electron chi connectivity index (χ0n) is 14.8. The topological polar surface area (TPSA) is 76.9 Å². The number of para-hydroxylation sites is 1. The van der Waals surface area contributed by atoms with E-state index in [1.54, 1.807) is 16.8 Å². The molecule has 26 heavy (non-hydrogen) atoms. The molecule has 0 saturated carbocycles. The van der Waals surface area contributed by atoms with Crippen molar-refractivity contribution in [2.24, 2.45) is 7.05 Å². The molecule has 0 unspecified atom stereocenters. The van der Waals surface area contributed by atoms with E-state index in [4.69, 9.17) is 4.74 Å². The molecule has 1 aromatic carbocycles. The van der Waals surface area contributed by atoms with E-state index >= 15 is 0 Å². The first-order chi connectivity index (χ1) is 12.6. The number of aromatic nitrogens is 4. The lowest BCUT2D eigenvalue weighted by Gasteiger charge is -2.22. The Kier molecular flexibility index (Phi) is 4.42. The molecule has 0 aliphatic carbocycles. The number of imidazole rings is 1. The Balaban J connectivity index is 1.62. The Labute approximate surface area is 150 Å². The fraction of sp³-hybridized carbons (Fsp3) is 0.389. The molecule has 2 N–H and O–H groups in total. The minimum Gasteiger partial charge on any atom is -0.381 e. The first kappa shape index (κ1) is 16.7. The summed E-state index contributed by atoms with van der Waals surface area (Å²) >= 11 is 0. The summed E-state index contributed by atoms with van der Waals surface area (Å²) in [6.07, 6.45) is 3.56. The highest BCUT2D eigenvalue weighted by atomic mass is 19.1. The summed E-state index contributed by atoms with van der Waals surface area (Å²) in [6.45, 7) is 3.35. The van der Waals surface area contributed by atoms with Crippen molar-refractivity contribution >= 4 is 28.7 Å². The maximum Gasteiger partial charge on any atom is 0.224 e. The van der Waals surface area contributed by atoms with Gasteiger partial charge in [-0.2, -0.15) is 4.98 Å². The second-order valence-electron chi connectivity index (χ2n) is 6.48. The van der Waals surface area contributed by atoms with Crippen LogP contribution in [-0.2, 0) is 11.8 Å². The van der Waals surface area contributed by atoms with E-state index in [9.17, 15) is 4.39 Å². The predicted molar refractivity (Wildman–Crippen MR) is 98.2 cm³/mol. The monoisotopic (exact) mass is 356 g/mol.